The van der Waals surface area contributed by atoms with Crippen LogP contribution in [0.4, 0.5) is 0 Å². The molecule has 4 rings (SSSR count). The molecule has 1 aliphatic heterocycles. The smallest absolute Gasteiger partial charge is 0.339 e. The second-order valence-corrected chi connectivity index (χ2v) is 12.3. The van der Waals surface area contributed by atoms with Crippen LogP contribution in [0, 0.1) is 39.9 Å². The van der Waals surface area contributed by atoms with Gasteiger partial charge in [-0.15, -0.1) is 0 Å². The molecular weight excluding hydrogens is 424 g/mol. The fraction of sp³-hybridized carbons (Fsp3) is 0.667. The van der Waals surface area contributed by atoms with Gasteiger partial charge in [-0.05, 0) is 104 Å². The molecule has 4 aliphatic rings. The first-order chi connectivity index (χ1) is 15.8. The maximum absolute atomic E-state index is 11.8. The summed E-state index contributed by atoms with van der Waals surface area (Å²) in [6, 6.07) is 0. The summed E-state index contributed by atoms with van der Waals surface area (Å²) in [4.78, 5) is 23.4. The SMILES string of the molecule is C=C(C)[C@@H]1CC=C2[C@@H](CC[C@]3(C)[C@@H]([C@H](C)/C=C4\C=C(C)C(=O)O4)CC[C@@]23C)[C@@]1(C)CCC(=O)O. The van der Waals surface area contributed by atoms with Gasteiger partial charge in [0, 0.05) is 12.0 Å². The predicted molar refractivity (Wildman–Crippen MR) is 135 cm³/mol. The molecule has 1 heterocycles. The van der Waals surface area contributed by atoms with Crippen LogP contribution in [0.3, 0.4) is 0 Å². The maximum atomic E-state index is 11.8. The van der Waals surface area contributed by atoms with Crippen molar-refractivity contribution in [3.63, 3.8) is 0 Å². The normalized spacial score (nSPS) is 41.3. The molecular formula is C30H42O4. The van der Waals surface area contributed by atoms with Crippen molar-refractivity contribution in [3.8, 4) is 0 Å². The molecule has 0 aromatic rings. The van der Waals surface area contributed by atoms with Crippen LogP contribution in [0.5, 0.6) is 0 Å². The molecule has 1 N–H and O–H groups in total. The van der Waals surface area contributed by atoms with E-state index in [1.807, 2.05) is 6.08 Å². The van der Waals surface area contributed by atoms with Gasteiger partial charge in [0.15, 0.2) is 0 Å². The average Bonchev–Trinajstić information content (AvgIpc) is 3.21. The predicted octanol–water partition coefficient (Wildman–Crippen LogP) is 7.24. The largest absolute Gasteiger partial charge is 0.481 e. The summed E-state index contributed by atoms with van der Waals surface area (Å²) in [7, 11) is 0. The third-order valence-corrected chi connectivity index (χ3v) is 10.6. The van der Waals surface area contributed by atoms with Gasteiger partial charge >= 0.3 is 11.9 Å². The van der Waals surface area contributed by atoms with Gasteiger partial charge in [-0.2, -0.15) is 0 Å². The van der Waals surface area contributed by atoms with Gasteiger partial charge in [0.2, 0.25) is 0 Å². The molecule has 0 unspecified atom stereocenters. The molecule has 7 atom stereocenters. The summed E-state index contributed by atoms with van der Waals surface area (Å²) in [5, 5.41) is 9.49. The summed E-state index contributed by atoms with van der Waals surface area (Å²) in [6.45, 7) is 17.8. The standard InChI is InChI=1S/C30H42O4/c1-18(2)22-8-9-25-24(28(22,5)13-12-26(31)32)11-15-29(6)23(10-14-30(25,29)7)19(3)16-21-17-20(4)27(33)34-21/h9,16-17,19,22-24H,1,8,10-15H2,2-7H3,(H,31,32)/b21-16+/t19-,22+,23-,24-,28+,29-,30+/m1/s1. The van der Waals surface area contributed by atoms with Gasteiger partial charge in [-0.1, -0.05) is 51.5 Å². The summed E-state index contributed by atoms with van der Waals surface area (Å²) in [6.07, 6.45) is 13.0. The quantitative estimate of drug-likeness (QED) is 0.331. The topological polar surface area (TPSA) is 63.6 Å². The molecule has 0 aromatic carbocycles. The molecule has 4 nitrogen and oxygen atoms in total. The molecule has 0 bridgehead atoms. The first kappa shape index (κ1) is 25.0. The lowest BCUT2D eigenvalue weighted by Crippen LogP contribution is -2.52. The van der Waals surface area contributed by atoms with Crippen LogP contribution < -0.4 is 0 Å². The third-order valence-electron chi connectivity index (χ3n) is 10.6. The number of carboxylic acid groups (broad SMARTS) is 1. The molecule has 34 heavy (non-hydrogen) atoms. The van der Waals surface area contributed by atoms with Crippen LogP contribution in [0.1, 0.15) is 86.5 Å². The molecule has 2 fully saturated rings. The van der Waals surface area contributed by atoms with Crippen molar-refractivity contribution in [2.24, 2.45) is 39.9 Å². The molecule has 0 spiro atoms. The van der Waals surface area contributed by atoms with E-state index in [9.17, 15) is 14.7 Å². The Kier molecular flexibility index (Phi) is 6.28. The number of ether oxygens (including phenoxy) is 1. The second kappa shape index (κ2) is 8.53. The van der Waals surface area contributed by atoms with Crippen molar-refractivity contribution in [2.45, 2.75) is 86.5 Å². The van der Waals surface area contributed by atoms with Crippen molar-refractivity contribution in [1.29, 1.82) is 0 Å². The molecule has 3 aliphatic carbocycles. The second-order valence-electron chi connectivity index (χ2n) is 12.3. The van der Waals surface area contributed by atoms with E-state index in [0.29, 0.717) is 41.4 Å². The third kappa shape index (κ3) is 3.72. The molecule has 0 aromatic heterocycles. The number of rotatable bonds is 6. The zero-order valence-electron chi connectivity index (χ0n) is 21.9. The lowest BCUT2D eigenvalue weighted by Gasteiger charge is -2.60. The van der Waals surface area contributed by atoms with Crippen LogP contribution in [-0.4, -0.2) is 17.0 Å². The van der Waals surface area contributed by atoms with E-state index >= 15 is 0 Å². The zero-order valence-corrected chi connectivity index (χ0v) is 21.9. The first-order valence-corrected chi connectivity index (χ1v) is 13.0. The van der Waals surface area contributed by atoms with E-state index in [2.05, 4.69) is 53.3 Å². The molecule has 0 amide bonds. The number of allylic oxidation sites excluding steroid dienone is 5. The fourth-order valence-electron chi connectivity index (χ4n) is 8.47. The number of esters is 1. The Labute approximate surface area is 205 Å². The minimum absolute atomic E-state index is 0.0648. The van der Waals surface area contributed by atoms with Gasteiger partial charge in [-0.3, -0.25) is 4.79 Å². The number of cyclic esters (lactones) is 1. The van der Waals surface area contributed by atoms with Crippen LogP contribution in [0.15, 0.2) is 47.3 Å². The molecule has 2 saturated carbocycles. The summed E-state index contributed by atoms with van der Waals surface area (Å²) in [5.41, 5.74) is 3.64. The van der Waals surface area contributed by atoms with E-state index in [0.717, 1.165) is 32.1 Å². The van der Waals surface area contributed by atoms with E-state index in [1.165, 1.54) is 5.57 Å². The van der Waals surface area contributed by atoms with Crippen molar-refractivity contribution < 1.29 is 19.4 Å². The van der Waals surface area contributed by atoms with Crippen LogP contribution in [0.2, 0.25) is 0 Å². The maximum Gasteiger partial charge on any atom is 0.339 e. The number of carbonyl (C=O) groups excluding carboxylic acids is 1. The number of fused-ring (bicyclic) bond motifs is 3. The van der Waals surface area contributed by atoms with E-state index in [1.54, 1.807) is 12.5 Å². The number of carboxylic acids is 1. The van der Waals surface area contributed by atoms with Gasteiger partial charge in [0.1, 0.15) is 5.76 Å². The van der Waals surface area contributed by atoms with E-state index in [4.69, 9.17) is 4.74 Å². The van der Waals surface area contributed by atoms with E-state index in [-0.39, 0.29) is 28.6 Å². The Bertz CT molecular complexity index is 999. The minimum Gasteiger partial charge on any atom is -0.481 e. The van der Waals surface area contributed by atoms with Gasteiger partial charge in [0.25, 0.3) is 0 Å². The van der Waals surface area contributed by atoms with Gasteiger partial charge < -0.3 is 9.84 Å². The Hall–Kier alpha value is -2.10. The number of carbonyl (C=O) groups is 2. The lowest BCUT2D eigenvalue weighted by atomic mass is 9.44. The summed E-state index contributed by atoms with van der Waals surface area (Å²) < 4.78 is 5.45. The summed E-state index contributed by atoms with van der Waals surface area (Å²) in [5.74, 6) is 1.34. The van der Waals surface area contributed by atoms with Gasteiger partial charge in [0.05, 0.1) is 0 Å². The highest BCUT2D eigenvalue weighted by molar-refractivity contribution is 5.92. The highest BCUT2D eigenvalue weighted by Crippen LogP contribution is 2.71. The Morgan fingerprint density at radius 3 is 2.59 bits per heavy atom. The minimum atomic E-state index is -0.704. The summed E-state index contributed by atoms with van der Waals surface area (Å²) >= 11 is 0. The molecule has 0 saturated heterocycles. The fourth-order valence-corrected chi connectivity index (χ4v) is 8.47. The number of hydrogen-bond donors (Lipinski definition) is 1. The zero-order chi connectivity index (χ0) is 25.1. The Balaban J connectivity index is 1.66. The highest BCUT2D eigenvalue weighted by atomic mass is 16.5. The van der Waals surface area contributed by atoms with Gasteiger partial charge in [-0.25, -0.2) is 4.79 Å². The van der Waals surface area contributed by atoms with Crippen LogP contribution >= 0.6 is 0 Å². The monoisotopic (exact) mass is 466 g/mol. The Morgan fingerprint density at radius 1 is 1.29 bits per heavy atom. The van der Waals surface area contributed by atoms with Crippen molar-refractivity contribution in [2.75, 3.05) is 0 Å². The Morgan fingerprint density at radius 2 is 2.00 bits per heavy atom. The number of aliphatic carboxylic acids is 1. The first-order valence-electron chi connectivity index (χ1n) is 13.0. The molecule has 4 heteroatoms. The average molecular weight is 467 g/mol. The van der Waals surface area contributed by atoms with Crippen molar-refractivity contribution in [1.82, 2.24) is 0 Å². The highest BCUT2D eigenvalue weighted by Gasteiger charge is 2.63. The van der Waals surface area contributed by atoms with Crippen molar-refractivity contribution in [3.05, 3.63) is 47.3 Å². The van der Waals surface area contributed by atoms with E-state index < -0.39 is 5.97 Å². The van der Waals surface area contributed by atoms with Crippen LogP contribution in [-0.2, 0) is 14.3 Å². The van der Waals surface area contributed by atoms with Crippen LogP contribution in [0.25, 0.3) is 0 Å². The number of hydrogen-bond acceptors (Lipinski definition) is 3. The van der Waals surface area contributed by atoms with Crippen molar-refractivity contribution >= 4 is 11.9 Å². The molecule has 186 valence electrons. The lowest BCUT2D eigenvalue weighted by molar-refractivity contribution is -0.138. The molecule has 0 radical (unpaired) electrons.